The summed E-state index contributed by atoms with van der Waals surface area (Å²) in [5.41, 5.74) is 1.19. The Balaban J connectivity index is 1.12. The minimum atomic E-state index is -0.274. The van der Waals surface area contributed by atoms with Gasteiger partial charge >= 0.3 is 0 Å². The van der Waals surface area contributed by atoms with Crippen molar-refractivity contribution in [1.29, 1.82) is 0 Å². The molecular weight excluding hydrogens is 420 g/mol. The van der Waals surface area contributed by atoms with Gasteiger partial charge in [-0.2, -0.15) is 0 Å². The standard InChI is InChI=1S/C21H20N4O3S2/c26-15(22-20-23-24-21(30-20)29-11-12-4-2-1-3-5-12)8-9-25-18(27)16-13-6-7-14(10-13)17(16)19(25)28/h1-7,13-14,16-17H,8-11H2,(H,22,23,26)/t13-,14-,16-,17-/m0/s1. The maximum absolute atomic E-state index is 12.7. The fourth-order valence-electron chi connectivity index (χ4n) is 4.62. The summed E-state index contributed by atoms with van der Waals surface area (Å²) in [6.45, 7) is 0.115. The first-order valence-electron chi connectivity index (χ1n) is 9.94. The third kappa shape index (κ3) is 3.56. The van der Waals surface area contributed by atoms with Crippen molar-refractivity contribution in [3.05, 3.63) is 48.0 Å². The number of benzene rings is 1. The van der Waals surface area contributed by atoms with Gasteiger partial charge in [-0.1, -0.05) is 65.6 Å². The van der Waals surface area contributed by atoms with Crippen LogP contribution in [0.5, 0.6) is 0 Å². The monoisotopic (exact) mass is 440 g/mol. The molecule has 0 spiro atoms. The van der Waals surface area contributed by atoms with Crippen LogP contribution in [0.4, 0.5) is 5.13 Å². The van der Waals surface area contributed by atoms with E-state index in [0.29, 0.717) is 5.13 Å². The fourth-order valence-corrected chi connectivity index (χ4v) is 6.34. The number of fused-ring (bicyclic) bond motifs is 5. The molecule has 2 aromatic rings. The number of carbonyl (C=O) groups excluding carboxylic acids is 3. The Morgan fingerprint density at radius 2 is 1.80 bits per heavy atom. The number of anilines is 1. The van der Waals surface area contributed by atoms with Crippen LogP contribution in [-0.4, -0.2) is 39.4 Å². The Bertz CT molecular complexity index is 992. The largest absolute Gasteiger partial charge is 0.300 e. The normalized spacial score (nSPS) is 26.5. The van der Waals surface area contributed by atoms with Gasteiger partial charge in [0.15, 0.2) is 4.34 Å². The minimum absolute atomic E-state index is 0.0613. The lowest BCUT2D eigenvalue weighted by molar-refractivity contribution is -0.140. The Morgan fingerprint density at radius 1 is 1.10 bits per heavy atom. The van der Waals surface area contributed by atoms with Crippen molar-refractivity contribution in [1.82, 2.24) is 15.1 Å². The first-order chi connectivity index (χ1) is 14.6. The molecule has 3 amide bonds. The predicted molar refractivity (Wildman–Crippen MR) is 114 cm³/mol. The molecule has 1 aliphatic heterocycles. The van der Waals surface area contributed by atoms with Gasteiger partial charge in [0, 0.05) is 18.7 Å². The van der Waals surface area contributed by atoms with Crippen LogP contribution in [0.2, 0.25) is 0 Å². The molecule has 1 aromatic heterocycles. The summed E-state index contributed by atoms with van der Waals surface area (Å²) in [4.78, 5) is 38.9. The van der Waals surface area contributed by atoms with Crippen molar-refractivity contribution >= 4 is 46.0 Å². The van der Waals surface area contributed by atoms with E-state index >= 15 is 0 Å². The second-order valence-electron chi connectivity index (χ2n) is 7.77. The Hall–Kier alpha value is -2.52. The van der Waals surface area contributed by atoms with E-state index in [1.54, 1.807) is 11.8 Å². The highest BCUT2D eigenvalue weighted by atomic mass is 32.2. The molecule has 4 atom stereocenters. The third-order valence-corrected chi connectivity index (χ3v) is 8.03. The molecule has 5 rings (SSSR count). The number of nitrogens with one attached hydrogen (secondary N) is 1. The third-order valence-electron chi connectivity index (χ3n) is 5.98. The van der Waals surface area contributed by atoms with Gasteiger partial charge in [0.05, 0.1) is 11.8 Å². The molecule has 1 saturated heterocycles. The topological polar surface area (TPSA) is 92.3 Å². The molecule has 0 radical (unpaired) electrons. The lowest BCUT2D eigenvalue weighted by Crippen LogP contribution is -2.35. The molecular formula is C21H20N4O3S2. The smallest absolute Gasteiger partial charge is 0.233 e. The number of imide groups is 1. The number of hydrogen-bond acceptors (Lipinski definition) is 7. The van der Waals surface area contributed by atoms with Gasteiger partial charge in [0.2, 0.25) is 22.9 Å². The van der Waals surface area contributed by atoms with Crippen molar-refractivity contribution in [3.63, 3.8) is 0 Å². The average Bonchev–Trinajstić information content (AvgIpc) is 3.52. The average molecular weight is 441 g/mol. The summed E-state index contributed by atoms with van der Waals surface area (Å²) in [6.07, 6.45) is 5.10. The van der Waals surface area contributed by atoms with Gasteiger partial charge in [-0.15, -0.1) is 10.2 Å². The first kappa shape index (κ1) is 19.4. The second kappa shape index (κ2) is 7.96. The molecule has 30 heavy (non-hydrogen) atoms. The SMILES string of the molecule is O=C(CCN1C(=O)[C@@H]2[C@@H](C1=O)[C@H]1C=C[C@H]2C1)Nc1nnc(SCc2ccccc2)s1. The number of thioether (sulfide) groups is 1. The summed E-state index contributed by atoms with van der Waals surface area (Å²) < 4.78 is 0.773. The van der Waals surface area contributed by atoms with Crippen LogP contribution in [0.25, 0.3) is 0 Å². The van der Waals surface area contributed by atoms with Crippen molar-refractivity contribution in [3.8, 4) is 0 Å². The second-order valence-corrected chi connectivity index (χ2v) is 9.97. The van der Waals surface area contributed by atoms with E-state index in [2.05, 4.69) is 27.7 Å². The maximum Gasteiger partial charge on any atom is 0.233 e. The van der Waals surface area contributed by atoms with Crippen LogP contribution in [0.15, 0.2) is 46.8 Å². The summed E-state index contributed by atoms with van der Waals surface area (Å²) in [6, 6.07) is 10.1. The van der Waals surface area contributed by atoms with Gasteiger partial charge in [-0.05, 0) is 23.8 Å². The van der Waals surface area contributed by atoms with Crippen LogP contribution in [0.1, 0.15) is 18.4 Å². The summed E-state index contributed by atoms with van der Waals surface area (Å²) >= 11 is 2.88. The van der Waals surface area contributed by atoms with Crippen LogP contribution >= 0.6 is 23.1 Å². The number of nitrogens with zero attached hydrogens (tertiary/aromatic N) is 3. The number of likely N-dealkylation sites (tertiary alicyclic amines) is 1. The molecule has 3 aliphatic rings. The highest BCUT2D eigenvalue weighted by Crippen LogP contribution is 2.52. The Kier molecular flexibility index (Phi) is 5.16. The molecule has 7 nitrogen and oxygen atoms in total. The van der Waals surface area contributed by atoms with Crippen LogP contribution in [0.3, 0.4) is 0 Å². The summed E-state index contributed by atoms with van der Waals surface area (Å²) in [5, 5.41) is 11.3. The van der Waals surface area contributed by atoms with Crippen LogP contribution < -0.4 is 5.32 Å². The zero-order valence-corrected chi connectivity index (χ0v) is 17.7. The number of allylic oxidation sites excluding steroid dienone is 2. The highest BCUT2D eigenvalue weighted by Gasteiger charge is 2.59. The molecule has 1 aromatic carbocycles. The molecule has 2 aliphatic carbocycles. The summed E-state index contributed by atoms with van der Waals surface area (Å²) in [7, 11) is 0. The van der Waals surface area contributed by atoms with Crippen LogP contribution in [0, 0.1) is 23.7 Å². The van der Waals surface area contributed by atoms with E-state index in [9.17, 15) is 14.4 Å². The molecule has 1 N–H and O–H groups in total. The van der Waals surface area contributed by atoms with Crippen molar-refractivity contribution in [2.24, 2.45) is 23.7 Å². The fraction of sp³-hybridized carbons (Fsp3) is 0.381. The van der Waals surface area contributed by atoms with Crippen molar-refractivity contribution in [2.45, 2.75) is 22.9 Å². The zero-order valence-electron chi connectivity index (χ0n) is 16.1. The van der Waals surface area contributed by atoms with Gasteiger partial charge < -0.3 is 5.32 Å². The molecule has 2 heterocycles. The highest BCUT2D eigenvalue weighted by molar-refractivity contribution is 8.00. The number of amides is 3. The predicted octanol–water partition coefficient (Wildman–Crippen LogP) is 2.97. The number of rotatable bonds is 7. The van der Waals surface area contributed by atoms with Crippen molar-refractivity contribution in [2.75, 3.05) is 11.9 Å². The molecule has 1 saturated carbocycles. The molecule has 2 fully saturated rings. The number of carbonyl (C=O) groups is 3. The molecule has 0 unspecified atom stereocenters. The van der Waals surface area contributed by atoms with Gasteiger partial charge in [0.25, 0.3) is 0 Å². The Labute approximate surface area is 181 Å². The van der Waals surface area contributed by atoms with E-state index in [0.717, 1.165) is 16.5 Å². The minimum Gasteiger partial charge on any atom is -0.300 e. The zero-order chi connectivity index (χ0) is 20.7. The van der Waals surface area contributed by atoms with Gasteiger partial charge in [-0.3, -0.25) is 19.3 Å². The Morgan fingerprint density at radius 3 is 2.50 bits per heavy atom. The molecule has 2 bridgehead atoms. The maximum atomic E-state index is 12.7. The van der Waals surface area contributed by atoms with Crippen LogP contribution in [-0.2, 0) is 20.1 Å². The van der Waals surface area contributed by atoms with E-state index in [1.807, 2.05) is 30.3 Å². The quantitative estimate of drug-likeness (QED) is 0.308. The first-order valence-corrected chi connectivity index (χ1v) is 11.7. The van der Waals surface area contributed by atoms with E-state index in [-0.39, 0.29) is 54.4 Å². The molecule has 154 valence electrons. The number of aromatic nitrogens is 2. The van der Waals surface area contributed by atoms with E-state index in [1.165, 1.54) is 21.8 Å². The van der Waals surface area contributed by atoms with E-state index in [4.69, 9.17) is 0 Å². The lowest BCUT2D eigenvalue weighted by atomic mass is 9.85. The lowest BCUT2D eigenvalue weighted by Gasteiger charge is -2.16. The summed E-state index contributed by atoms with van der Waals surface area (Å²) in [5.74, 6) is 0.194. The van der Waals surface area contributed by atoms with Gasteiger partial charge in [0.1, 0.15) is 0 Å². The van der Waals surface area contributed by atoms with Crippen molar-refractivity contribution < 1.29 is 14.4 Å². The van der Waals surface area contributed by atoms with E-state index < -0.39 is 0 Å². The molecule has 9 heteroatoms. The number of hydrogen-bond donors (Lipinski definition) is 1. The van der Waals surface area contributed by atoms with Gasteiger partial charge in [-0.25, -0.2) is 0 Å².